The van der Waals surface area contributed by atoms with E-state index < -0.39 is 0 Å². The molecule has 0 aliphatic heterocycles. The normalized spacial score (nSPS) is 12.0. The van der Waals surface area contributed by atoms with Crippen molar-refractivity contribution in [1.29, 1.82) is 0 Å². The van der Waals surface area contributed by atoms with E-state index in [-0.39, 0.29) is 0 Å². The maximum atomic E-state index is 7.28. The Hall–Kier alpha value is -15.2. The van der Waals surface area contributed by atoms with Crippen LogP contribution in [0.25, 0.3) is 232 Å². The van der Waals surface area contributed by atoms with E-state index in [0.717, 1.165) is 143 Å². The van der Waals surface area contributed by atoms with Crippen LogP contribution in [-0.2, 0) is 0 Å². The maximum absolute atomic E-state index is 7.28. The number of aromatic nitrogens is 10. The van der Waals surface area contributed by atoms with Crippen LogP contribution in [0.1, 0.15) is 0 Å². The highest BCUT2D eigenvalue weighted by Crippen LogP contribution is 2.48. The van der Waals surface area contributed by atoms with Gasteiger partial charge in [-0.25, -0.2) is 29.9 Å². The molecule has 0 unspecified atom stereocenters. The van der Waals surface area contributed by atoms with Crippen LogP contribution in [0.2, 0.25) is 0 Å². The quantitative estimate of drug-likeness (QED) is 0.127. The molecule has 0 spiro atoms. The summed E-state index contributed by atoms with van der Waals surface area (Å²) in [6, 6.07) is 129. The standard InChI is InChI=1S/C102H60N10OS/c1-4-24-62(25-5-1)97-104-100(106-101(105-97)78-39-20-35-74-75-36-22-46-91(94(75)113-93(74)78)111-86-44-18-13-33-72(86)81-59-67(53-56-89(81)111)109-83-41-15-10-30-69(83)70-31-11-16-42-84(70)109)65-50-48-61(49-51-65)66-52-55-88-80(58-66)71-32-12-17-43-85(71)110(88)68-54-57-90-82(60-68)73-34-14-19-45-87(73)112(90)92-47-23-38-77-76-37-21-40-79(95(76)114-96(77)92)102-107-98(63-26-6-2-7-27-63)103-99(108-102)64-28-8-3-9-29-64/h1-60H. The zero-order chi connectivity index (χ0) is 74.6. The molecule has 8 heterocycles. The number of nitrogens with zero attached hydrogens (tertiary/aromatic N) is 10. The van der Waals surface area contributed by atoms with E-state index in [1.54, 1.807) is 11.3 Å². The molecule has 114 heavy (non-hydrogen) atoms. The molecule has 11 nitrogen and oxygen atoms in total. The first-order valence-electron chi connectivity index (χ1n) is 38.3. The molecule has 0 N–H and O–H groups in total. The molecule has 0 aliphatic carbocycles. The second-order valence-corrected chi connectivity index (χ2v) is 30.2. The van der Waals surface area contributed by atoms with Gasteiger partial charge in [0.1, 0.15) is 5.58 Å². The van der Waals surface area contributed by atoms with Gasteiger partial charge < -0.3 is 22.7 Å². The third kappa shape index (κ3) is 9.81. The SMILES string of the molecule is c1ccc(-c2nc(-c3ccc(-c4ccc5c(c4)c4ccccc4n5-c4ccc5c(c4)c4ccccc4n5-c4cccc5c4sc4c(-c6nc(-c7ccccc7)nc(-c7ccccc7)n6)cccc45)cc3)nc(-c3cccc4c3oc3c(-n5c6ccccc6c6cc(-n7c8ccccc8c8ccccc87)ccc65)cccc34)n2)cc1. The predicted molar refractivity (Wildman–Crippen MR) is 469 cm³/mol. The zero-order valence-electron chi connectivity index (χ0n) is 60.9. The zero-order valence-corrected chi connectivity index (χ0v) is 61.7. The van der Waals surface area contributed by atoms with Crippen LogP contribution >= 0.6 is 11.3 Å². The fourth-order valence-electron chi connectivity index (χ4n) is 17.7. The van der Waals surface area contributed by atoms with Gasteiger partial charge in [0.15, 0.2) is 40.5 Å². The summed E-state index contributed by atoms with van der Waals surface area (Å²) in [4.78, 5) is 31.3. The molecule has 24 rings (SSSR count). The summed E-state index contributed by atoms with van der Waals surface area (Å²) in [7, 11) is 0. The van der Waals surface area contributed by atoms with Gasteiger partial charge in [0.25, 0.3) is 0 Å². The number of thiophene rings is 1. The fourth-order valence-corrected chi connectivity index (χ4v) is 19.1. The van der Waals surface area contributed by atoms with Crippen molar-refractivity contribution < 1.29 is 4.42 Å². The van der Waals surface area contributed by atoms with E-state index in [0.29, 0.717) is 40.5 Å². The molecule has 0 radical (unpaired) electrons. The third-order valence-electron chi connectivity index (χ3n) is 22.9. The van der Waals surface area contributed by atoms with Crippen LogP contribution in [0.3, 0.4) is 0 Å². The molecule has 0 saturated heterocycles. The van der Waals surface area contributed by atoms with E-state index in [2.05, 4.69) is 328 Å². The van der Waals surface area contributed by atoms with Crippen molar-refractivity contribution in [1.82, 2.24) is 48.2 Å². The van der Waals surface area contributed by atoms with Crippen LogP contribution in [0.15, 0.2) is 368 Å². The molecule has 0 amide bonds. The first kappa shape index (κ1) is 63.7. The lowest BCUT2D eigenvalue weighted by molar-refractivity contribution is 0.667. The highest BCUT2D eigenvalue weighted by atomic mass is 32.1. The monoisotopic (exact) mass is 1470 g/mol. The first-order valence-corrected chi connectivity index (χ1v) is 39.1. The van der Waals surface area contributed by atoms with Gasteiger partial charge in [0.2, 0.25) is 0 Å². The van der Waals surface area contributed by atoms with Gasteiger partial charge in [-0.1, -0.05) is 261 Å². The summed E-state index contributed by atoms with van der Waals surface area (Å²) >= 11 is 1.79. The van der Waals surface area contributed by atoms with Gasteiger partial charge in [0, 0.05) is 109 Å². The molecule has 16 aromatic carbocycles. The Morgan fingerprint density at radius 1 is 0.193 bits per heavy atom. The Morgan fingerprint density at radius 2 is 0.518 bits per heavy atom. The molecule has 8 aromatic heterocycles. The molecule has 0 bridgehead atoms. The topological polar surface area (TPSA) is 110 Å². The highest BCUT2D eigenvalue weighted by Gasteiger charge is 2.26. The van der Waals surface area contributed by atoms with Crippen molar-refractivity contribution in [2.24, 2.45) is 0 Å². The molecule has 530 valence electrons. The number of benzene rings is 16. The molecule has 0 atom stereocenters. The fraction of sp³-hybridized carbons (Fsp3) is 0. The van der Waals surface area contributed by atoms with Crippen LogP contribution in [-0.4, -0.2) is 48.2 Å². The van der Waals surface area contributed by atoms with Gasteiger partial charge in [-0.3, -0.25) is 0 Å². The number of rotatable bonds is 11. The summed E-state index contributed by atoms with van der Waals surface area (Å²) in [5.74, 6) is 3.56. The third-order valence-corrected chi connectivity index (χ3v) is 24.2. The summed E-state index contributed by atoms with van der Waals surface area (Å²) < 4.78 is 19.2. The Labute approximate surface area is 655 Å². The number of hydrogen-bond donors (Lipinski definition) is 0. The Balaban J connectivity index is 0.581. The number of fused-ring (bicyclic) bond motifs is 18. The maximum Gasteiger partial charge on any atom is 0.167 e. The summed E-state index contributed by atoms with van der Waals surface area (Å²) in [6.45, 7) is 0. The van der Waals surface area contributed by atoms with E-state index in [9.17, 15) is 0 Å². The molecular formula is C102H60N10OS. The minimum absolute atomic E-state index is 0.518. The van der Waals surface area contributed by atoms with Crippen LogP contribution in [0, 0.1) is 0 Å². The minimum atomic E-state index is 0.518. The summed E-state index contributed by atoms with van der Waals surface area (Å²) in [6.07, 6.45) is 0. The second kappa shape index (κ2) is 25.2. The highest BCUT2D eigenvalue weighted by molar-refractivity contribution is 7.26. The van der Waals surface area contributed by atoms with Crippen molar-refractivity contribution >= 4 is 141 Å². The Kier molecular flexibility index (Phi) is 14.0. The summed E-state index contributed by atoms with van der Waals surface area (Å²) in [5, 5.41) is 13.8. The van der Waals surface area contributed by atoms with E-state index >= 15 is 0 Å². The summed E-state index contributed by atoms with van der Waals surface area (Å²) in [5.41, 5.74) is 22.3. The average molecular weight is 1470 g/mol. The van der Waals surface area contributed by atoms with E-state index in [1.807, 2.05) is 54.6 Å². The molecule has 0 saturated carbocycles. The van der Waals surface area contributed by atoms with Gasteiger partial charge in [-0.2, -0.15) is 0 Å². The lowest BCUT2D eigenvalue weighted by Gasteiger charge is -2.11. The number of para-hydroxylation sites is 7. The van der Waals surface area contributed by atoms with Gasteiger partial charge in [-0.05, 0) is 114 Å². The number of furan rings is 1. The van der Waals surface area contributed by atoms with Crippen molar-refractivity contribution in [2.45, 2.75) is 0 Å². The van der Waals surface area contributed by atoms with Gasteiger partial charge in [-0.15, -0.1) is 11.3 Å². The Bertz CT molecular complexity index is 8000. The average Bonchev–Trinajstić information content (AvgIpc) is 1.56. The lowest BCUT2D eigenvalue weighted by atomic mass is 10.0. The van der Waals surface area contributed by atoms with Crippen LogP contribution < -0.4 is 0 Å². The van der Waals surface area contributed by atoms with Crippen LogP contribution in [0.5, 0.6) is 0 Å². The molecule has 24 aromatic rings. The first-order chi connectivity index (χ1) is 56.5. The van der Waals surface area contributed by atoms with Gasteiger partial charge in [0.05, 0.1) is 65.8 Å². The van der Waals surface area contributed by atoms with Crippen molar-refractivity contribution in [3.8, 4) is 102 Å². The predicted octanol–water partition coefficient (Wildman–Crippen LogP) is 26.4. The number of hydrogen-bond acceptors (Lipinski definition) is 8. The van der Waals surface area contributed by atoms with Crippen molar-refractivity contribution in [3.63, 3.8) is 0 Å². The van der Waals surface area contributed by atoms with E-state index in [4.69, 9.17) is 34.3 Å². The van der Waals surface area contributed by atoms with Crippen LogP contribution in [0.4, 0.5) is 0 Å². The minimum Gasteiger partial charge on any atom is -0.453 e. The molecule has 12 heteroatoms. The van der Waals surface area contributed by atoms with Crippen molar-refractivity contribution in [2.75, 3.05) is 0 Å². The molecule has 0 fully saturated rings. The van der Waals surface area contributed by atoms with E-state index in [1.165, 1.54) is 48.1 Å². The van der Waals surface area contributed by atoms with Crippen molar-refractivity contribution in [3.05, 3.63) is 364 Å². The second-order valence-electron chi connectivity index (χ2n) is 29.2. The van der Waals surface area contributed by atoms with Gasteiger partial charge >= 0.3 is 0 Å². The largest absolute Gasteiger partial charge is 0.453 e. The smallest absolute Gasteiger partial charge is 0.167 e. The molecular weight excluding hydrogens is 1410 g/mol. The lowest BCUT2D eigenvalue weighted by Crippen LogP contribution is -2.00. The molecule has 0 aliphatic rings. The Morgan fingerprint density at radius 3 is 1.03 bits per heavy atom.